The van der Waals surface area contributed by atoms with Crippen molar-refractivity contribution in [2.75, 3.05) is 5.32 Å². The minimum atomic E-state index is -0.643. The Labute approximate surface area is 156 Å². The summed E-state index contributed by atoms with van der Waals surface area (Å²) >= 11 is 1.43. The van der Waals surface area contributed by atoms with E-state index in [1.54, 1.807) is 24.3 Å². The molecule has 0 fully saturated rings. The summed E-state index contributed by atoms with van der Waals surface area (Å²) in [6.45, 7) is 5.79. The lowest BCUT2D eigenvalue weighted by molar-refractivity contribution is -0.118. The Kier molecular flexibility index (Phi) is 5.32. The highest BCUT2D eigenvalue weighted by atomic mass is 32.1. The quantitative estimate of drug-likeness (QED) is 0.716. The zero-order valence-electron chi connectivity index (χ0n) is 14.9. The van der Waals surface area contributed by atoms with Gasteiger partial charge < -0.3 is 10.6 Å². The van der Waals surface area contributed by atoms with Crippen LogP contribution in [-0.2, 0) is 4.79 Å². The lowest BCUT2D eigenvalue weighted by Crippen LogP contribution is -2.47. The number of para-hydroxylation sites is 1. The van der Waals surface area contributed by atoms with Gasteiger partial charge in [0.05, 0.1) is 10.2 Å². The first-order chi connectivity index (χ1) is 12.5. The van der Waals surface area contributed by atoms with Gasteiger partial charge in [-0.25, -0.2) is 4.98 Å². The van der Waals surface area contributed by atoms with Crippen molar-refractivity contribution in [2.24, 2.45) is 5.92 Å². The van der Waals surface area contributed by atoms with Crippen LogP contribution in [0.4, 0.5) is 5.13 Å². The summed E-state index contributed by atoms with van der Waals surface area (Å²) in [5, 5.41) is 6.22. The van der Waals surface area contributed by atoms with E-state index in [1.165, 1.54) is 11.3 Å². The van der Waals surface area contributed by atoms with Crippen LogP contribution >= 0.6 is 11.3 Å². The zero-order valence-corrected chi connectivity index (χ0v) is 15.8. The Balaban J connectivity index is 1.76. The molecule has 1 heterocycles. The summed E-state index contributed by atoms with van der Waals surface area (Å²) in [4.78, 5) is 29.6. The van der Waals surface area contributed by atoms with E-state index >= 15 is 0 Å². The highest BCUT2D eigenvalue weighted by molar-refractivity contribution is 7.22. The van der Waals surface area contributed by atoms with Crippen molar-refractivity contribution in [3.05, 3.63) is 59.7 Å². The van der Waals surface area contributed by atoms with Crippen molar-refractivity contribution < 1.29 is 9.59 Å². The summed E-state index contributed by atoms with van der Waals surface area (Å²) < 4.78 is 1.02. The first-order valence-electron chi connectivity index (χ1n) is 8.48. The molecule has 0 aliphatic heterocycles. The average Bonchev–Trinajstić information content (AvgIpc) is 3.03. The second-order valence-corrected chi connectivity index (χ2v) is 7.52. The van der Waals surface area contributed by atoms with Gasteiger partial charge in [-0.1, -0.05) is 55.5 Å². The molecule has 5 nitrogen and oxygen atoms in total. The predicted molar refractivity (Wildman–Crippen MR) is 106 cm³/mol. The summed E-state index contributed by atoms with van der Waals surface area (Å²) in [5.74, 6) is -0.584. The van der Waals surface area contributed by atoms with E-state index in [4.69, 9.17) is 0 Å². The summed E-state index contributed by atoms with van der Waals surface area (Å²) in [7, 11) is 0. The predicted octanol–water partition coefficient (Wildman–Crippen LogP) is 4.00. The van der Waals surface area contributed by atoms with Crippen molar-refractivity contribution in [3.8, 4) is 0 Å². The number of nitrogens with zero attached hydrogens (tertiary/aromatic N) is 1. The van der Waals surface area contributed by atoms with E-state index in [0.717, 1.165) is 15.8 Å². The van der Waals surface area contributed by atoms with E-state index in [-0.39, 0.29) is 17.7 Å². The third-order valence-corrected chi connectivity index (χ3v) is 5.06. The average molecular weight is 367 g/mol. The number of carbonyl (C=O) groups excluding carboxylic acids is 2. The maximum Gasteiger partial charge on any atom is 0.251 e. The SMILES string of the molecule is Cc1cccc2sc(NC(=O)C(NC(=O)c3ccccc3)C(C)C)nc12. The van der Waals surface area contributed by atoms with Gasteiger partial charge in [-0.15, -0.1) is 0 Å². The van der Waals surface area contributed by atoms with Crippen LogP contribution in [0.1, 0.15) is 29.8 Å². The molecule has 3 aromatic rings. The lowest BCUT2D eigenvalue weighted by Gasteiger charge is -2.21. The van der Waals surface area contributed by atoms with Crippen LogP contribution in [-0.4, -0.2) is 22.8 Å². The van der Waals surface area contributed by atoms with Gasteiger partial charge in [0.2, 0.25) is 5.91 Å². The number of fused-ring (bicyclic) bond motifs is 1. The molecule has 1 unspecified atom stereocenters. The molecule has 3 rings (SSSR count). The molecule has 6 heteroatoms. The summed E-state index contributed by atoms with van der Waals surface area (Å²) in [6, 6.07) is 14.2. The second kappa shape index (κ2) is 7.66. The maximum atomic E-state index is 12.7. The largest absolute Gasteiger partial charge is 0.340 e. The highest BCUT2D eigenvalue weighted by Crippen LogP contribution is 2.28. The molecule has 0 aliphatic carbocycles. The number of anilines is 1. The Morgan fingerprint density at radius 3 is 2.42 bits per heavy atom. The van der Waals surface area contributed by atoms with Crippen LogP contribution in [0.2, 0.25) is 0 Å². The van der Waals surface area contributed by atoms with E-state index in [2.05, 4.69) is 15.6 Å². The van der Waals surface area contributed by atoms with Gasteiger partial charge in [0.25, 0.3) is 5.91 Å². The number of carbonyl (C=O) groups is 2. The molecule has 2 aromatic carbocycles. The number of thiazole rings is 1. The van der Waals surface area contributed by atoms with Crippen molar-refractivity contribution in [2.45, 2.75) is 26.8 Å². The molecule has 1 atom stereocenters. The number of hydrogen-bond donors (Lipinski definition) is 2. The van der Waals surface area contributed by atoms with Crippen LogP contribution in [0.5, 0.6) is 0 Å². The molecule has 26 heavy (non-hydrogen) atoms. The van der Waals surface area contributed by atoms with Crippen molar-refractivity contribution in [3.63, 3.8) is 0 Å². The summed E-state index contributed by atoms with van der Waals surface area (Å²) in [5.41, 5.74) is 2.49. The smallest absolute Gasteiger partial charge is 0.251 e. The van der Waals surface area contributed by atoms with E-state index in [0.29, 0.717) is 10.7 Å². The zero-order chi connectivity index (χ0) is 18.7. The molecule has 0 saturated heterocycles. The number of hydrogen-bond acceptors (Lipinski definition) is 4. The molecule has 1 aromatic heterocycles. The number of rotatable bonds is 5. The van der Waals surface area contributed by atoms with Crippen LogP contribution in [0.15, 0.2) is 48.5 Å². The van der Waals surface area contributed by atoms with Gasteiger partial charge in [0.1, 0.15) is 6.04 Å². The number of benzene rings is 2. The van der Waals surface area contributed by atoms with Gasteiger partial charge in [-0.05, 0) is 36.6 Å². The number of amides is 2. The molecule has 0 bridgehead atoms. The van der Waals surface area contributed by atoms with Crippen molar-refractivity contribution >= 4 is 38.5 Å². The maximum absolute atomic E-state index is 12.7. The fourth-order valence-electron chi connectivity index (χ4n) is 2.67. The first kappa shape index (κ1) is 18.1. The standard InChI is InChI=1S/C20H21N3O2S/c1-12(2)16(21-18(24)14-9-5-4-6-10-14)19(25)23-20-22-17-13(3)8-7-11-15(17)26-20/h4-12,16H,1-3H3,(H,21,24)(H,22,23,25). The number of aromatic nitrogens is 1. The van der Waals surface area contributed by atoms with Gasteiger partial charge in [0.15, 0.2) is 5.13 Å². The van der Waals surface area contributed by atoms with Gasteiger partial charge in [0, 0.05) is 5.56 Å². The molecule has 2 N–H and O–H groups in total. The van der Waals surface area contributed by atoms with Gasteiger partial charge >= 0.3 is 0 Å². The summed E-state index contributed by atoms with van der Waals surface area (Å²) in [6.07, 6.45) is 0. The Hall–Kier alpha value is -2.73. The topological polar surface area (TPSA) is 71.1 Å². The Morgan fingerprint density at radius 1 is 1.04 bits per heavy atom. The molecule has 2 amide bonds. The normalized spacial score (nSPS) is 12.2. The van der Waals surface area contributed by atoms with Crippen molar-refractivity contribution in [1.82, 2.24) is 10.3 Å². The molecule has 0 saturated carbocycles. The lowest BCUT2D eigenvalue weighted by atomic mass is 10.0. The molecular weight excluding hydrogens is 346 g/mol. The monoisotopic (exact) mass is 367 g/mol. The molecular formula is C20H21N3O2S. The first-order valence-corrected chi connectivity index (χ1v) is 9.30. The molecule has 0 radical (unpaired) electrons. The fraction of sp³-hybridized carbons (Fsp3) is 0.250. The van der Waals surface area contributed by atoms with Crippen LogP contribution < -0.4 is 10.6 Å². The van der Waals surface area contributed by atoms with Crippen LogP contribution in [0.25, 0.3) is 10.2 Å². The minimum Gasteiger partial charge on any atom is -0.340 e. The van der Waals surface area contributed by atoms with Crippen LogP contribution in [0, 0.1) is 12.8 Å². The van der Waals surface area contributed by atoms with Crippen LogP contribution in [0.3, 0.4) is 0 Å². The van der Waals surface area contributed by atoms with Gasteiger partial charge in [-0.2, -0.15) is 0 Å². The van der Waals surface area contributed by atoms with E-state index in [9.17, 15) is 9.59 Å². The molecule has 134 valence electrons. The third kappa shape index (κ3) is 3.91. The minimum absolute atomic E-state index is 0.0567. The highest BCUT2D eigenvalue weighted by Gasteiger charge is 2.25. The number of aryl methyl sites for hydroxylation is 1. The van der Waals surface area contributed by atoms with Gasteiger partial charge in [-0.3, -0.25) is 9.59 Å². The number of nitrogens with one attached hydrogen (secondary N) is 2. The van der Waals surface area contributed by atoms with Crippen molar-refractivity contribution in [1.29, 1.82) is 0 Å². The third-order valence-electron chi connectivity index (χ3n) is 4.12. The Morgan fingerprint density at radius 2 is 1.77 bits per heavy atom. The van der Waals surface area contributed by atoms with E-state index in [1.807, 2.05) is 45.0 Å². The van der Waals surface area contributed by atoms with E-state index < -0.39 is 6.04 Å². The molecule has 0 spiro atoms. The second-order valence-electron chi connectivity index (χ2n) is 6.49. The molecule has 0 aliphatic rings. The fourth-order valence-corrected chi connectivity index (χ4v) is 3.62. The Bertz CT molecular complexity index is 935.